The van der Waals surface area contributed by atoms with Crippen LogP contribution in [0, 0.1) is 0 Å². The molecule has 0 atom stereocenters. The maximum Gasteiger partial charge on any atom is 0.323 e. The molecule has 0 aromatic heterocycles. The van der Waals surface area contributed by atoms with Crippen molar-refractivity contribution in [1.29, 1.82) is 0 Å². The molecule has 0 unspecified atom stereocenters. The van der Waals surface area contributed by atoms with Crippen molar-refractivity contribution in [3.63, 3.8) is 0 Å². The van der Waals surface area contributed by atoms with Gasteiger partial charge in [-0.3, -0.25) is 18.7 Å². The van der Waals surface area contributed by atoms with Gasteiger partial charge in [0.05, 0.1) is 4.91 Å². The molecule has 1 aliphatic rings. The zero-order chi connectivity index (χ0) is 19.3. The first-order chi connectivity index (χ1) is 12.3. The summed E-state index contributed by atoms with van der Waals surface area (Å²) in [4.78, 5) is 24.5. The van der Waals surface area contributed by atoms with Gasteiger partial charge in [-0.25, -0.2) is 0 Å². The van der Waals surface area contributed by atoms with E-state index in [0.29, 0.717) is 4.91 Å². The zero-order valence-corrected chi connectivity index (χ0v) is 16.6. The molecule has 8 heteroatoms. The summed E-state index contributed by atoms with van der Waals surface area (Å²) in [5.74, 6) is -1.44. The van der Waals surface area contributed by atoms with Crippen LogP contribution in [-0.2, 0) is 20.4 Å². The Kier molecular flexibility index (Phi) is 7.07. The van der Waals surface area contributed by atoms with Crippen LogP contribution in [0.5, 0.6) is 0 Å². The molecule has 2 aromatic rings. The Balaban J connectivity index is 0.000000552. The maximum absolute atomic E-state index is 12.2. The fourth-order valence-corrected chi connectivity index (χ4v) is 3.48. The summed E-state index contributed by atoms with van der Waals surface area (Å²) in [6.07, 6.45) is 5.02. The van der Waals surface area contributed by atoms with E-state index in [-0.39, 0.29) is 10.2 Å². The quantitative estimate of drug-likeness (QED) is 0.622. The maximum atomic E-state index is 12.2. The van der Waals surface area contributed by atoms with Crippen molar-refractivity contribution in [2.24, 2.45) is 0 Å². The summed E-state index contributed by atoms with van der Waals surface area (Å²) in [6.45, 7) is -0.403. The second-order valence-electron chi connectivity index (χ2n) is 5.51. The van der Waals surface area contributed by atoms with E-state index in [0.717, 1.165) is 33.0 Å². The van der Waals surface area contributed by atoms with Crippen molar-refractivity contribution >= 4 is 67.8 Å². The van der Waals surface area contributed by atoms with Gasteiger partial charge in [-0.05, 0) is 28.5 Å². The first-order valence-corrected chi connectivity index (χ1v) is 10.7. The van der Waals surface area contributed by atoms with Crippen molar-refractivity contribution in [2.45, 2.75) is 0 Å². The van der Waals surface area contributed by atoms with E-state index in [1.807, 2.05) is 42.5 Å². The summed E-state index contributed by atoms with van der Waals surface area (Å²) in [6, 6.07) is 13.8. The van der Waals surface area contributed by atoms with Crippen LogP contribution in [0.2, 0.25) is 0 Å². The highest BCUT2D eigenvalue weighted by molar-refractivity contribution is 8.26. The Labute approximate surface area is 163 Å². The second kappa shape index (κ2) is 9.07. The average molecular weight is 408 g/mol. The highest BCUT2D eigenvalue weighted by Crippen LogP contribution is 2.32. The van der Waals surface area contributed by atoms with Crippen LogP contribution in [0.3, 0.4) is 0 Å². The van der Waals surface area contributed by atoms with Gasteiger partial charge in [0.2, 0.25) is 0 Å². The lowest BCUT2D eigenvalue weighted by atomic mass is 10.1. The van der Waals surface area contributed by atoms with E-state index in [9.17, 15) is 13.8 Å². The van der Waals surface area contributed by atoms with E-state index in [4.69, 9.17) is 17.3 Å². The van der Waals surface area contributed by atoms with E-state index in [1.165, 1.54) is 0 Å². The lowest BCUT2D eigenvalue weighted by molar-refractivity contribution is -0.140. The summed E-state index contributed by atoms with van der Waals surface area (Å²) in [5, 5.41) is 11.0. The number of rotatable bonds is 3. The van der Waals surface area contributed by atoms with Crippen molar-refractivity contribution < 1.29 is 18.9 Å². The van der Waals surface area contributed by atoms with Crippen LogP contribution in [0.25, 0.3) is 16.8 Å². The lowest BCUT2D eigenvalue weighted by Gasteiger charge is -2.10. The van der Waals surface area contributed by atoms with Crippen molar-refractivity contribution in [3.8, 4) is 0 Å². The van der Waals surface area contributed by atoms with Crippen LogP contribution < -0.4 is 0 Å². The van der Waals surface area contributed by atoms with Gasteiger partial charge in [0.25, 0.3) is 5.91 Å². The number of hydrogen-bond acceptors (Lipinski definition) is 5. The molecule has 26 heavy (non-hydrogen) atoms. The Morgan fingerprint density at radius 1 is 1.23 bits per heavy atom. The number of fused-ring (bicyclic) bond motifs is 1. The Hall–Kier alpha value is -2.03. The lowest BCUT2D eigenvalue weighted by Crippen LogP contribution is -2.33. The van der Waals surface area contributed by atoms with Gasteiger partial charge >= 0.3 is 5.97 Å². The summed E-state index contributed by atoms with van der Waals surface area (Å²) in [7, 11) is -0.611. The molecule has 0 spiro atoms. The smallest absolute Gasteiger partial charge is 0.323 e. The van der Waals surface area contributed by atoms with Gasteiger partial charge in [-0.1, -0.05) is 60.4 Å². The molecule has 136 valence electrons. The minimum Gasteiger partial charge on any atom is -0.480 e. The van der Waals surface area contributed by atoms with E-state index in [2.05, 4.69) is 0 Å². The number of carboxylic acid groups (broad SMARTS) is 1. The second-order valence-corrected chi connectivity index (χ2v) is 8.67. The molecular weight excluding hydrogens is 390 g/mol. The highest BCUT2D eigenvalue weighted by atomic mass is 32.2. The third-order valence-electron chi connectivity index (χ3n) is 3.24. The molecular formula is C18H17NO4S3. The van der Waals surface area contributed by atoms with Crippen LogP contribution in [0.4, 0.5) is 0 Å². The van der Waals surface area contributed by atoms with Gasteiger partial charge < -0.3 is 5.11 Å². The topological polar surface area (TPSA) is 74.7 Å². The molecule has 1 heterocycles. The number of carbonyl (C=O) groups excluding carboxylic acids is 1. The minimum atomic E-state index is -1.08. The fraction of sp³-hybridized carbons (Fsp3) is 0.167. The Morgan fingerprint density at radius 3 is 2.46 bits per heavy atom. The molecule has 1 N–H and O–H groups in total. The van der Waals surface area contributed by atoms with Crippen molar-refractivity contribution in [2.75, 3.05) is 19.1 Å². The molecule has 5 nitrogen and oxygen atoms in total. The molecule has 1 saturated heterocycles. The van der Waals surface area contributed by atoms with Gasteiger partial charge in [0, 0.05) is 23.3 Å². The number of thioether (sulfide) groups is 1. The number of amides is 1. The minimum absolute atomic E-state index is 0.277. The molecule has 1 amide bonds. The molecule has 0 bridgehead atoms. The molecule has 1 fully saturated rings. The van der Waals surface area contributed by atoms with Crippen LogP contribution in [-0.4, -0.2) is 49.5 Å². The predicted octanol–water partition coefficient (Wildman–Crippen LogP) is 3.12. The van der Waals surface area contributed by atoms with Crippen molar-refractivity contribution in [3.05, 3.63) is 52.9 Å². The highest BCUT2D eigenvalue weighted by Gasteiger charge is 2.33. The fourth-order valence-electron chi connectivity index (χ4n) is 2.22. The number of hydrogen-bond donors (Lipinski definition) is 1. The summed E-state index contributed by atoms with van der Waals surface area (Å²) in [5.41, 5.74) is 0.884. The Morgan fingerprint density at radius 2 is 1.85 bits per heavy atom. The third-order valence-corrected chi connectivity index (χ3v) is 4.62. The first kappa shape index (κ1) is 20.3. The van der Waals surface area contributed by atoms with Gasteiger partial charge in [0.1, 0.15) is 10.9 Å². The van der Waals surface area contributed by atoms with E-state index in [1.54, 1.807) is 18.6 Å². The Bertz CT molecular complexity index is 920. The standard InChI is InChI=1S/C16H11NO3S2.C2H6OS/c18-14(19)9-17-15(20)13(22-16(17)21)8-10-5-6-11-3-1-2-4-12(11)7-10;1-4(2)3/h1-8H,9H2,(H,18,19);1-2H3/b13-8-;. The van der Waals surface area contributed by atoms with E-state index >= 15 is 0 Å². The third kappa shape index (κ3) is 5.48. The normalized spacial score (nSPS) is 15.5. The molecule has 1 aliphatic heterocycles. The molecule has 3 rings (SSSR count). The van der Waals surface area contributed by atoms with Crippen LogP contribution in [0.1, 0.15) is 5.56 Å². The van der Waals surface area contributed by atoms with Crippen LogP contribution in [0.15, 0.2) is 47.4 Å². The molecule has 0 saturated carbocycles. The summed E-state index contributed by atoms with van der Waals surface area (Å²) < 4.78 is 9.83. The monoisotopic (exact) mass is 407 g/mol. The molecule has 0 aliphatic carbocycles. The van der Waals surface area contributed by atoms with E-state index < -0.39 is 23.3 Å². The zero-order valence-electron chi connectivity index (χ0n) is 14.2. The average Bonchev–Trinajstić information content (AvgIpc) is 2.81. The number of carbonyl (C=O) groups is 2. The van der Waals surface area contributed by atoms with Crippen molar-refractivity contribution in [1.82, 2.24) is 4.90 Å². The van der Waals surface area contributed by atoms with Gasteiger partial charge in [0.15, 0.2) is 0 Å². The molecule has 0 radical (unpaired) electrons. The van der Waals surface area contributed by atoms with Gasteiger partial charge in [-0.15, -0.1) is 0 Å². The largest absolute Gasteiger partial charge is 0.480 e. The number of benzene rings is 2. The summed E-state index contributed by atoms with van der Waals surface area (Å²) >= 11 is 6.20. The number of carboxylic acids is 1. The predicted molar refractivity (Wildman–Crippen MR) is 111 cm³/mol. The molecule has 2 aromatic carbocycles. The van der Waals surface area contributed by atoms with Crippen LogP contribution >= 0.6 is 24.0 Å². The number of nitrogens with zero attached hydrogens (tertiary/aromatic N) is 1. The SMILES string of the molecule is CS(C)=O.O=C(O)CN1C(=O)/C(=C/c2ccc3ccccc3c2)SC1=S. The number of aliphatic carboxylic acids is 1. The van der Waals surface area contributed by atoms with Gasteiger partial charge in [-0.2, -0.15) is 0 Å². The number of thiocarbonyl (C=S) groups is 1. The first-order valence-electron chi connectivity index (χ1n) is 7.49.